The van der Waals surface area contributed by atoms with Crippen molar-refractivity contribution in [3.05, 3.63) is 64.7 Å². The standard InChI is InChI=1S/C14H13ClF2N2/c15-9-5-10(16)7-11(6-9)19-14(8-18)12-3-1-2-4-13(12)17/h1-7,14,19H,8,18H2. The lowest BCUT2D eigenvalue weighted by molar-refractivity contribution is 0.593. The number of nitrogens with two attached hydrogens (primary N) is 1. The summed E-state index contributed by atoms with van der Waals surface area (Å²) in [6.45, 7) is 0.176. The molecule has 19 heavy (non-hydrogen) atoms. The van der Waals surface area contributed by atoms with Crippen LogP contribution in [0.3, 0.4) is 0 Å². The van der Waals surface area contributed by atoms with Crippen LogP contribution in [-0.4, -0.2) is 6.54 Å². The van der Waals surface area contributed by atoms with E-state index in [1.165, 1.54) is 18.2 Å². The van der Waals surface area contributed by atoms with E-state index in [2.05, 4.69) is 5.32 Å². The van der Waals surface area contributed by atoms with Crippen molar-refractivity contribution in [3.63, 3.8) is 0 Å². The van der Waals surface area contributed by atoms with Gasteiger partial charge in [0.25, 0.3) is 0 Å². The zero-order valence-corrected chi connectivity index (χ0v) is 10.8. The molecular formula is C14H13ClF2N2. The molecule has 0 aromatic heterocycles. The van der Waals surface area contributed by atoms with Crippen molar-refractivity contribution >= 4 is 17.3 Å². The molecule has 0 aliphatic carbocycles. The van der Waals surface area contributed by atoms with Crippen molar-refractivity contribution in [1.82, 2.24) is 0 Å². The third kappa shape index (κ3) is 3.43. The summed E-state index contributed by atoms with van der Waals surface area (Å²) in [6, 6.07) is 9.93. The topological polar surface area (TPSA) is 38.0 Å². The first-order chi connectivity index (χ1) is 9.10. The molecule has 0 aliphatic rings. The lowest BCUT2D eigenvalue weighted by atomic mass is 10.1. The summed E-state index contributed by atoms with van der Waals surface area (Å²) in [4.78, 5) is 0. The Labute approximate surface area is 115 Å². The number of nitrogens with one attached hydrogen (secondary N) is 1. The Morgan fingerprint density at radius 2 is 1.89 bits per heavy atom. The molecule has 5 heteroatoms. The van der Waals surface area contributed by atoms with Crippen molar-refractivity contribution in [1.29, 1.82) is 0 Å². The normalized spacial score (nSPS) is 12.2. The van der Waals surface area contributed by atoms with Gasteiger partial charge in [-0.05, 0) is 24.3 Å². The van der Waals surface area contributed by atoms with Gasteiger partial charge in [-0.3, -0.25) is 0 Å². The van der Waals surface area contributed by atoms with E-state index in [0.717, 1.165) is 0 Å². The highest BCUT2D eigenvalue weighted by molar-refractivity contribution is 6.30. The van der Waals surface area contributed by atoms with Gasteiger partial charge in [-0.15, -0.1) is 0 Å². The number of halogens is 3. The van der Waals surface area contributed by atoms with E-state index in [1.54, 1.807) is 24.3 Å². The Balaban J connectivity index is 2.26. The fourth-order valence-corrected chi connectivity index (χ4v) is 2.08. The van der Waals surface area contributed by atoms with Crippen molar-refractivity contribution < 1.29 is 8.78 Å². The lowest BCUT2D eigenvalue weighted by Crippen LogP contribution is -2.21. The number of benzene rings is 2. The Hall–Kier alpha value is -1.65. The molecule has 0 saturated heterocycles. The highest BCUT2D eigenvalue weighted by Crippen LogP contribution is 2.24. The average molecular weight is 283 g/mol. The van der Waals surface area contributed by atoms with Crippen LogP contribution in [0.4, 0.5) is 14.5 Å². The third-order valence-electron chi connectivity index (χ3n) is 2.72. The van der Waals surface area contributed by atoms with Crippen LogP contribution >= 0.6 is 11.6 Å². The van der Waals surface area contributed by atoms with Gasteiger partial charge in [0.15, 0.2) is 0 Å². The molecule has 2 nitrogen and oxygen atoms in total. The fraction of sp³-hybridized carbons (Fsp3) is 0.143. The van der Waals surface area contributed by atoms with Crippen LogP contribution < -0.4 is 11.1 Å². The second kappa shape index (κ2) is 5.99. The molecule has 1 unspecified atom stereocenters. The molecule has 0 saturated carbocycles. The van der Waals surface area contributed by atoms with E-state index in [1.807, 2.05) is 0 Å². The summed E-state index contributed by atoms with van der Waals surface area (Å²) in [5.74, 6) is -0.813. The minimum absolute atomic E-state index is 0.176. The minimum Gasteiger partial charge on any atom is -0.377 e. The van der Waals surface area contributed by atoms with E-state index < -0.39 is 11.9 Å². The van der Waals surface area contributed by atoms with Crippen molar-refractivity contribution in [3.8, 4) is 0 Å². The second-order valence-electron chi connectivity index (χ2n) is 4.11. The Kier molecular flexibility index (Phi) is 4.35. The zero-order valence-electron chi connectivity index (χ0n) is 10.0. The van der Waals surface area contributed by atoms with E-state index in [0.29, 0.717) is 11.3 Å². The van der Waals surface area contributed by atoms with Crippen LogP contribution in [0, 0.1) is 11.6 Å². The first-order valence-corrected chi connectivity index (χ1v) is 6.15. The van der Waals surface area contributed by atoms with Gasteiger partial charge in [0.2, 0.25) is 0 Å². The molecule has 0 fully saturated rings. The van der Waals surface area contributed by atoms with Gasteiger partial charge in [0.05, 0.1) is 6.04 Å². The third-order valence-corrected chi connectivity index (χ3v) is 2.94. The predicted molar refractivity (Wildman–Crippen MR) is 73.2 cm³/mol. The highest BCUT2D eigenvalue weighted by atomic mass is 35.5. The molecule has 0 aliphatic heterocycles. The second-order valence-corrected chi connectivity index (χ2v) is 4.55. The summed E-state index contributed by atoms with van der Waals surface area (Å²) >= 11 is 5.77. The molecule has 0 spiro atoms. The van der Waals surface area contributed by atoms with Crippen molar-refractivity contribution in [2.75, 3.05) is 11.9 Å². The first kappa shape index (κ1) is 13.8. The van der Waals surface area contributed by atoms with Gasteiger partial charge in [0, 0.05) is 22.8 Å². The van der Waals surface area contributed by atoms with Crippen molar-refractivity contribution in [2.24, 2.45) is 5.73 Å². The van der Waals surface area contributed by atoms with Gasteiger partial charge >= 0.3 is 0 Å². The summed E-state index contributed by atoms with van der Waals surface area (Å²) in [6.07, 6.45) is 0. The largest absolute Gasteiger partial charge is 0.377 e. The number of hydrogen-bond donors (Lipinski definition) is 2. The predicted octanol–water partition coefficient (Wildman–Crippen LogP) is 3.73. The van der Waals surface area contributed by atoms with Crippen LogP contribution in [0.5, 0.6) is 0 Å². The smallest absolute Gasteiger partial charge is 0.128 e. The summed E-state index contributed by atoms with van der Waals surface area (Å²) in [5, 5.41) is 3.25. The van der Waals surface area contributed by atoms with Crippen LogP contribution in [0.2, 0.25) is 5.02 Å². The maximum Gasteiger partial charge on any atom is 0.128 e. The molecule has 0 amide bonds. The minimum atomic E-state index is -0.459. The number of hydrogen-bond acceptors (Lipinski definition) is 2. The highest BCUT2D eigenvalue weighted by Gasteiger charge is 2.14. The molecule has 0 heterocycles. The summed E-state index contributed by atoms with van der Waals surface area (Å²) in [5.41, 5.74) is 6.54. The Morgan fingerprint density at radius 1 is 1.16 bits per heavy atom. The molecule has 0 radical (unpaired) electrons. The fourth-order valence-electron chi connectivity index (χ4n) is 1.86. The maximum atomic E-state index is 13.7. The van der Waals surface area contributed by atoms with E-state index in [9.17, 15) is 8.78 Å². The van der Waals surface area contributed by atoms with Gasteiger partial charge in [-0.1, -0.05) is 29.8 Å². The first-order valence-electron chi connectivity index (χ1n) is 5.77. The quantitative estimate of drug-likeness (QED) is 0.897. The van der Waals surface area contributed by atoms with Crippen LogP contribution in [0.25, 0.3) is 0 Å². The monoisotopic (exact) mass is 282 g/mol. The number of anilines is 1. The van der Waals surface area contributed by atoms with E-state index in [-0.39, 0.29) is 17.4 Å². The van der Waals surface area contributed by atoms with Gasteiger partial charge in [-0.2, -0.15) is 0 Å². The molecule has 1 atom stereocenters. The molecule has 2 aromatic rings. The molecule has 0 bridgehead atoms. The summed E-state index contributed by atoms with van der Waals surface area (Å²) < 4.78 is 26.9. The lowest BCUT2D eigenvalue weighted by Gasteiger charge is -2.19. The molecular weight excluding hydrogens is 270 g/mol. The maximum absolute atomic E-state index is 13.7. The van der Waals surface area contributed by atoms with Gasteiger partial charge < -0.3 is 11.1 Å². The van der Waals surface area contributed by atoms with Crippen LogP contribution in [0.1, 0.15) is 11.6 Å². The summed E-state index contributed by atoms with van der Waals surface area (Å²) in [7, 11) is 0. The van der Waals surface area contributed by atoms with Gasteiger partial charge in [-0.25, -0.2) is 8.78 Å². The van der Waals surface area contributed by atoms with Gasteiger partial charge in [0.1, 0.15) is 11.6 Å². The van der Waals surface area contributed by atoms with E-state index >= 15 is 0 Å². The van der Waals surface area contributed by atoms with Crippen LogP contribution in [-0.2, 0) is 0 Å². The van der Waals surface area contributed by atoms with Crippen molar-refractivity contribution in [2.45, 2.75) is 6.04 Å². The Morgan fingerprint density at radius 3 is 2.53 bits per heavy atom. The molecule has 2 aromatic carbocycles. The molecule has 3 N–H and O–H groups in total. The Bertz CT molecular complexity index is 555. The molecule has 100 valence electrons. The number of rotatable bonds is 4. The van der Waals surface area contributed by atoms with Crippen LogP contribution in [0.15, 0.2) is 42.5 Å². The SMILES string of the molecule is NCC(Nc1cc(F)cc(Cl)c1)c1ccccc1F. The van der Waals surface area contributed by atoms with E-state index in [4.69, 9.17) is 17.3 Å². The zero-order chi connectivity index (χ0) is 13.8. The average Bonchev–Trinajstić information content (AvgIpc) is 2.36. The molecule has 2 rings (SSSR count).